The molecule has 0 heterocycles. The van der Waals surface area contributed by atoms with Gasteiger partial charge in [-0.05, 0) is 17.7 Å². The maximum atomic E-state index is 13.4. The molecule has 24 heavy (non-hydrogen) atoms. The number of ether oxygens (including phenoxy) is 1. The number of benzene rings is 2. The molecule has 0 aliphatic carbocycles. The topological polar surface area (TPSA) is 72.5 Å². The van der Waals surface area contributed by atoms with Gasteiger partial charge in [-0.25, -0.2) is 17.5 Å². The molecular weight excluding hydrogens is 333 g/mol. The zero-order valence-corrected chi connectivity index (χ0v) is 13.5. The van der Waals surface area contributed by atoms with E-state index in [4.69, 9.17) is 4.74 Å². The Morgan fingerprint density at radius 3 is 2.46 bits per heavy atom. The molecule has 0 bridgehead atoms. The van der Waals surface area contributed by atoms with Crippen molar-refractivity contribution in [1.29, 1.82) is 0 Å². The van der Waals surface area contributed by atoms with Crippen LogP contribution in [0.25, 0.3) is 6.08 Å². The predicted molar refractivity (Wildman–Crippen MR) is 88.6 cm³/mol. The van der Waals surface area contributed by atoms with Gasteiger partial charge < -0.3 is 4.74 Å². The minimum Gasteiger partial charge on any atom is -0.460 e. The fraction of sp³-hybridized carbons (Fsp3) is 0.118. The normalized spacial score (nSPS) is 11.5. The molecule has 0 fully saturated rings. The standard InChI is InChI=1S/C17H16FNO4S/c18-16-9-5-4-8-15(16)13-23-17(20)12-19-24(21,22)11-10-14-6-2-1-3-7-14/h1-11,19H,12-13H2/b11-10+. The number of halogens is 1. The third-order valence-electron chi connectivity index (χ3n) is 3.00. The SMILES string of the molecule is O=C(CNS(=O)(=O)/C=C/c1ccccc1)OCc1ccccc1F. The van der Waals surface area contributed by atoms with E-state index in [0.29, 0.717) is 5.56 Å². The molecule has 7 heteroatoms. The molecule has 0 amide bonds. The van der Waals surface area contributed by atoms with Crippen LogP contribution in [0.1, 0.15) is 11.1 Å². The second-order valence-corrected chi connectivity index (χ2v) is 6.48. The van der Waals surface area contributed by atoms with Gasteiger partial charge in [-0.15, -0.1) is 0 Å². The van der Waals surface area contributed by atoms with Crippen molar-refractivity contribution in [3.63, 3.8) is 0 Å². The number of nitrogens with one attached hydrogen (secondary N) is 1. The fourth-order valence-corrected chi connectivity index (χ4v) is 2.52. The molecule has 0 radical (unpaired) electrons. The molecule has 0 aromatic heterocycles. The molecule has 0 saturated heterocycles. The lowest BCUT2D eigenvalue weighted by molar-refractivity contribution is -0.143. The molecule has 5 nitrogen and oxygen atoms in total. The lowest BCUT2D eigenvalue weighted by Crippen LogP contribution is -2.29. The summed E-state index contributed by atoms with van der Waals surface area (Å²) in [5.41, 5.74) is 0.933. The van der Waals surface area contributed by atoms with Crippen LogP contribution < -0.4 is 4.72 Å². The van der Waals surface area contributed by atoms with Crippen LogP contribution in [0.3, 0.4) is 0 Å². The lowest BCUT2D eigenvalue weighted by Gasteiger charge is -2.06. The first-order valence-electron chi connectivity index (χ1n) is 7.08. The summed E-state index contributed by atoms with van der Waals surface area (Å²) in [5.74, 6) is -1.29. The second-order valence-electron chi connectivity index (χ2n) is 4.83. The van der Waals surface area contributed by atoms with Crippen LogP contribution in [0, 0.1) is 5.82 Å². The molecular formula is C17H16FNO4S. The van der Waals surface area contributed by atoms with Gasteiger partial charge in [0.2, 0.25) is 10.0 Å². The van der Waals surface area contributed by atoms with Crippen molar-refractivity contribution in [1.82, 2.24) is 4.72 Å². The summed E-state index contributed by atoms with van der Waals surface area (Å²) in [4.78, 5) is 11.6. The summed E-state index contributed by atoms with van der Waals surface area (Å²) in [5, 5.41) is 0.965. The van der Waals surface area contributed by atoms with E-state index in [-0.39, 0.29) is 12.2 Å². The van der Waals surface area contributed by atoms with Gasteiger partial charge in [-0.3, -0.25) is 4.79 Å². The first-order chi connectivity index (χ1) is 11.5. The number of hydrogen-bond donors (Lipinski definition) is 1. The second kappa shape index (κ2) is 8.37. The minimum atomic E-state index is -3.77. The summed E-state index contributed by atoms with van der Waals surface area (Å²) >= 11 is 0. The Bertz CT molecular complexity index is 819. The van der Waals surface area contributed by atoms with E-state index in [1.54, 1.807) is 30.3 Å². The van der Waals surface area contributed by atoms with Crippen LogP contribution in [0.2, 0.25) is 0 Å². The molecule has 0 saturated carbocycles. The van der Waals surface area contributed by atoms with Gasteiger partial charge in [-0.2, -0.15) is 0 Å². The van der Waals surface area contributed by atoms with Gasteiger partial charge in [0, 0.05) is 11.0 Å². The van der Waals surface area contributed by atoms with E-state index in [1.165, 1.54) is 24.3 Å². The highest BCUT2D eigenvalue weighted by Crippen LogP contribution is 2.07. The summed E-state index contributed by atoms with van der Waals surface area (Å²) in [7, 11) is -3.77. The van der Waals surface area contributed by atoms with Crippen LogP contribution in [-0.4, -0.2) is 20.9 Å². The lowest BCUT2D eigenvalue weighted by atomic mass is 10.2. The molecule has 2 aromatic carbocycles. The van der Waals surface area contributed by atoms with Gasteiger partial charge >= 0.3 is 5.97 Å². The minimum absolute atomic E-state index is 0.220. The van der Waals surface area contributed by atoms with Crippen molar-refractivity contribution < 1.29 is 22.3 Å². The molecule has 2 rings (SSSR count). The van der Waals surface area contributed by atoms with Gasteiger partial charge in [0.1, 0.15) is 19.0 Å². The molecule has 126 valence electrons. The van der Waals surface area contributed by atoms with E-state index in [1.807, 2.05) is 6.07 Å². The molecule has 0 atom stereocenters. The number of sulfonamides is 1. The Balaban J connectivity index is 1.82. The zero-order chi connectivity index (χ0) is 17.4. The van der Waals surface area contributed by atoms with Crippen molar-refractivity contribution >= 4 is 22.1 Å². The zero-order valence-electron chi connectivity index (χ0n) is 12.7. The van der Waals surface area contributed by atoms with Crippen molar-refractivity contribution in [3.05, 3.63) is 76.9 Å². The monoisotopic (exact) mass is 349 g/mol. The van der Waals surface area contributed by atoms with Gasteiger partial charge in [0.25, 0.3) is 0 Å². The van der Waals surface area contributed by atoms with Gasteiger partial charge in [0.15, 0.2) is 0 Å². The fourth-order valence-electron chi connectivity index (χ4n) is 1.76. The van der Waals surface area contributed by atoms with Gasteiger partial charge in [-0.1, -0.05) is 48.5 Å². The quantitative estimate of drug-likeness (QED) is 0.780. The maximum Gasteiger partial charge on any atom is 0.321 e. The van der Waals surface area contributed by atoms with E-state index in [0.717, 1.165) is 5.41 Å². The largest absolute Gasteiger partial charge is 0.460 e. The highest BCUT2D eigenvalue weighted by Gasteiger charge is 2.11. The van der Waals surface area contributed by atoms with E-state index in [9.17, 15) is 17.6 Å². The van der Waals surface area contributed by atoms with E-state index in [2.05, 4.69) is 4.72 Å². The van der Waals surface area contributed by atoms with Crippen LogP contribution >= 0.6 is 0 Å². The first kappa shape index (κ1) is 17.8. The molecule has 0 aliphatic rings. The van der Waals surface area contributed by atoms with Crippen molar-refractivity contribution in [2.45, 2.75) is 6.61 Å². The predicted octanol–water partition coefficient (Wildman–Crippen LogP) is 2.46. The average Bonchev–Trinajstić information content (AvgIpc) is 2.59. The molecule has 2 aromatic rings. The summed E-state index contributed by atoms with van der Waals surface area (Å²) in [6, 6.07) is 14.7. The maximum absolute atomic E-state index is 13.4. The highest BCUT2D eigenvalue weighted by molar-refractivity contribution is 7.92. The molecule has 1 N–H and O–H groups in total. The van der Waals surface area contributed by atoms with Crippen molar-refractivity contribution in [2.24, 2.45) is 0 Å². The van der Waals surface area contributed by atoms with Crippen LogP contribution in [0.15, 0.2) is 60.0 Å². The Morgan fingerprint density at radius 1 is 1.08 bits per heavy atom. The Kier molecular flexibility index (Phi) is 6.22. The number of rotatable bonds is 7. The Labute approximate surface area is 139 Å². The van der Waals surface area contributed by atoms with Crippen LogP contribution in [0.4, 0.5) is 4.39 Å². The summed E-state index contributed by atoms with van der Waals surface area (Å²) < 4.78 is 43.8. The van der Waals surface area contributed by atoms with Crippen molar-refractivity contribution in [3.8, 4) is 0 Å². The Hall–Kier alpha value is -2.51. The third-order valence-corrected chi connectivity index (χ3v) is 4.04. The van der Waals surface area contributed by atoms with E-state index >= 15 is 0 Å². The summed E-state index contributed by atoms with van der Waals surface area (Å²) in [6.07, 6.45) is 1.41. The van der Waals surface area contributed by atoms with Gasteiger partial charge in [0.05, 0.1) is 0 Å². The number of esters is 1. The van der Waals surface area contributed by atoms with E-state index < -0.39 is 28.4 Å². The smallest absolute Gasteiger partial charge is 0.321 e. The molecule has 0 aliphatic heterocycles. The van der Waals surface area contributed by atoms with Crippen molar-refractivity contribution in [2.75, 3.05) is 6.54 Å². The Morgan fingerprint density at radius 2 is 1.75 bits per heavy atom. The number of carbonyl (C=O) groups is 1. The number of hydrogen-bond acceptors (Lipinski definition) is 4. The average molecular weight is 349 g/mol. The molecule has 0 spiro atoms. The molecule has 0 unspecified atom stereocenters. The third kappa shape index (κ3) is 5.94. The first-order valence-corrected chi connectivity index (χ1v) is 8.63. The van der Waals surface area contributed by atoms with Crippen LogP contribution in [0.5, 0.6) is 0 Å². The summed E-state index contributed by atoms with van der Waals surface area (Å²) in [6.45, 7) is -0.789. The van der Waals surface area contributed by atoms with Crippen LogP contribution in [-0.2, 0) is 26.2 Å². The highest BCUT2D eigenvalue weighted by atomic mass is 32.2. The number of carbonyl (C=O) groups excluding carboxylic acids is 1.